The van der Waals surface area contributed by atoms with Crippen molar-refractivity contribution in [3.05, 3.63) is 48.0 Å². The van der Waals surface area contributed by atoms with Crippen molar-refractivity contribution in [3.63, 3.8) is 0 Å². The van der Waals surface area contributed by atoms with Crippen LogP contribution in [0, 0.1) is 0 Å². The molecule has 2 amide bonds. The summed E-state index contributed by atoms with van der Waals surface area (Å²) in [6.07, 6.45) is 5.53. The summed E-state index contributed by atoms with van der Waals surface area (Å²) < 4.78 is 7.37. The van der Waals surface area contributed by atoms with Crippen LogP contribution in [-0.4, -0.2) is 43.7 Å². The Morgan fingerprint density at radius 2 is 1.82 bits per heavy atom. The van der Waals surface area contributed by atoms with Gasteiger partial charge in [-0.2, -0.15) is 0 Å². The molecule has 1 aromatic carbocycles. The summed E-state index contributed by atoms with van der Waals surface area (Å²) in [7, 11) is 0. The molecule has 0 atom stereocenters. The highest BCUT2D eigenvalue weighted by Crippen LogP contribution is 2.22. The summed E-state index contributed by atoms with van der Waals surface area (Å²) in [5.41, 5.74) is 1.33. The number of aryl methyl sites for hydroxylation is 2. The van der Waals surface area contributed by atoms with Gasteiger partial charge >= 0.3 is 6.09 Å². The second-order valence-electron chi connectivity index (χ2n) is 9.13. The number of ether oxygens (including phenoxy) is 1. The number of alkyl carbamates (subject to hydrolysis) is 1. The first kappa shape index (κ1) is 25.1. The van der Waals surface area contributed by atoms with Gasteiger partial charge in [0.1, 0.15) is 17.8 Å². The first-order chi connectivity index (χ1) is 16.3. The molecule has 2 aromatic heterocycles. The average molecular weight is 467 g/mol. The number of hydrogen-bond donors (Lipinski definition) is 2. The van der Waals surface area contributed by atoms with Crippen LogP contribution in [0.3, 0.4) is 0 Å². The van der Waals surface area contributed by atoms with Gasteiger partial charge in [0.05, 0.1) is 0 Å². The van der Waals surface area contributed by atoms with Crippen LogP contribution >= 0.6 is 0 Å². The largest absolute Gasteiger partial charge is 0.444 e. The highest BCUT2D eigenvalue weighted by Gasteiger charge is 2.18. The molecule has 0 bridgehead atoms. The molecule has 0 unspecified atom stereocenters. The van der Waals surface area contributed by atoms with Gasteiger partial charge in [-0.1, -0.05) is 31.5 Å². The van der Waals surface area contributed by atoms with Gasteiger partial charge in [0, 0.05) is 25.1 Å². The smallest absolute Gasteiger partial charge is 0.407 e. The van der Waals surface area contributed by atoms with Gasteiger partial charge < -0.3 is 19.9 Å². The van der Waals surface area contributed by atoms with Gasteiger partial charge in [0.15, 0.2) is 17.0 Å². The molecule has 0 aliphatic carbocycles. The van der Waals surface area contributed by atoms with Gasteiger partial charge in [-0.05, 0) is 52.2 Å². The van der Waals surface area contributed by atoms with Crippen LogP contribution in [0.25, 0.3) is 11.2 Å². The lowest BCUT2D eigenvalue weighted by Crippen LogP contribution is -2.33. The Morgan fingerprint density at radius 1 is 1.06 bits per heavy atom. The number of carbonyl (C=O) groups excluding carboxylic acids is 2. The predicted molar refractivity (Wildman–Crippen MR) is 132 cm³/mol. The van der Waals surface area contributed by atoms with Gasteiger partial charge in [0.25, 0.3) is 5.91 Å². The summed E-state index contributed by atoms with van der Waals surface area (Å²) in [5, 5.41) is 5.67. The maximum absolute atomic E-state index is 12.7. The molecule has 0 aliphatic rings. The highest BCUT2D eigenvalue weighted by molar-refractivity contribution is 6.06. The van der Waals surface area contributed by atoms with Crippen molar-refractivity contribution < 1.29 is 14.3 Å². The summed E-state index contributed by atoms with van der Waals surface area (Å²) in [6.45, 7) is 8.89. The zero-order valence-corrected chi connectivity index (χ0v) is 20.4. The van der Waals surface area contributed by atoms with Crippen molar-refractivity contribution in [1.82, 2.24) is 24.8 Å². The molecule has 3 aromatic rings. The van der Waals surface area contributed by atoms with Crippen LogP contribution in [-0.2, 0) is 17.7 Å². The normalized spacial score (nSPS) is 11.4. The highest BCUT2D eigenvalue weighted by atomic mass is 16.6. The fourth-order valence-electron chi connectivity index (χ4n) is 3.50. The molecule has 0 fully saturated rings. The molecule has 182 valence electrons. The number of anilines is 1. The van der Waals surface area contributed by atoms with E-state index in [1.807, 2.05) is 39.0 Å². The molecular formula is C25H34N6O3. The molecule has 0 saturated heterocycles. The van der Waals surface area contributed by atoms with Gasteiger partial charge in [-0.15, -0.1) is 0 Å². The van der Waals surface area contributed by atoms with Crippen LogP contribution in [0.4, 0.5) is 10.6 Å². The van der Waals surface area contributed by atoms with Crippen LogP contribution in [0.15, 0.2) is 36.7 Å². The number of hydrogen-bond acceptors (Lipinski definition) is 6. The van der Waals surface area contributed by atoms with Gasteiger partial charge in [0.2, 0.25) is 0 Å². The molecule has 9 heteroatoms. The second kappa shape index (κ2) is 11.6. The molecule has 34 heavy (non-hydrogen) atoms. The average Bonchev–Trinajstić information content (AvgIpc) is 3.15. The zero-order valence-electron chi connectivity index (χ0n) is 20.4. The molecule has 0 aliphatic heterocycles. The topological polar surface area (TPSA) is 111 Å². The Morgan fingerprint density at radius 3 is 2.53 bits per heavy atom. The van der Waals surface area contributed by atoms with Crippen molar-refractivity contribution in [2.75, 3.05) is 11.9 Å². The minimum atomic E-state index is -0.513. The quantitative estimate of drug-likeness (QED) is 0.418. The van der Waals surface area contributed by atoms with Gasteiger partial charge in [-0.25, -0.2) is 19.7 Å². The van der Waals surface area contributed by atoms with Crippen molar-refractivity contribution in [1.29, 1.82) is 0 Å². The first-order valence-corrected chi connectivity index (χ1v) is 11.8. The predicted octanol–water partition coefficient (Wildman–Crippen LogP) is 4.73. The summed E-state index contributed by atoms with van der Waals surface area (Å²) in [4.78, 5) is 38.0. The minimum Gasteiger partial charge on any atom is -0.444 e. The third-order valence-corrected chi connectivity index (χ3v) is 5.11. The van der Waals surface area contributed by atoms with Crippen molar-refractivity contribution in [2.45, 2.75) is 71.9 Å². The number of nitrogens with zero attached hydrogens (tertiary/aromatic N) is 4. The number of nitrogens with one attached hydrogen (secondary N) is 2. The molecule has 2 N–H and O–H groups in total. The molecular weight excluding hydrogens is 432 g/mol. The lowest BCUT2D eigenvalue weighted by Gasteiger charge is -2.19. The number of unbranched alkanes of at least 4 members (excludes halogenated alkanes) is 2. The van der Waals surface area contributed by atoms with E-state index in [9.17, 15) is 9.59 Å². The standard InChI is InChI=1S/C25H34N6O3/c1-5-6-14-19-29-20-21(30-23(32)18-12-8-7-9-13-18)27-17-28-22(20)31(19)16-11-10-15-26-24(33)34-25(2,3)4/h7-9,12-13,17H,5-6,10-11,14-16H2,1-4H3,(H,26,33)(H,27,28,30,32). The maximum Gasteiger partial charge on any atom is 0.407 e. The molecule has 0 spiro atoms. The van der Waals surface area contributed by atoms with E-state index in [1.54, 1.807) is 12.1 Å². The second-order valence-corrected chi connectivity index (χ2v) is 9.13. The molecule has 9 nitrogen and oxygen atoms in total. The zero-order chi connectivity index (χ0) is 24.6. The number of aromatic nitrogens is 4. The number of carbonyl (C=O) groups is 2. The first-order valence-electron chi connectivity index (χ1n) is 11.8. The third-order valence-electron chi connectivity index (χ3n) is 5.11. The summed E-state index contributed by atoms with van der Waals surface area (Å²) >= 11 is 0. The number of rotatable bonds is 10. The molecule has 0 radical (unpaired) electrons. The number of amides is 2. The van der Waals surface area contributed by atoms with E-state index >= 15 is 0 Å². The van der Waals surface area contributed by atoms with Crippen molar-refractivity contribution >= 4 is 29.0 Å². The van der Waals surface area contributed by atoms with E-state index in [2.05, 4.69) is 32.1 Å². The van der Waals surface area contributed by atoms with Crippen LogP contribution in [0.2, 0.25) is 0 Å². The molecule has 3 rings (SSSR count). The third kappa shape index (κ3) is 7.00. The van der Waals surface area contributed by atoms with Crippen LogP contribution < -0.4 is 10.6 Å². The number of benzene rings is 1. The molecule has 0 saturated carbocycles. The van der Waals surface area contributed by atoms with E-state index < -0.39 is 11.7 Å². The maximum atomic E-state index is 12.7. The lowest BCUT2D eigenvalue weighted by atomic mass is 10.2. The van der Waals surface area contributed by atoms with E-state index in [4.69, 9.17) is 9.72 Å². The van der Waals surface area contributed by atoms with E-state index in [0.29, 0.717) is 35.6 Å². The van der Waals surface area contributed by atoms with Crippen molar-refractivity contribution in [3.8, 4) is 0 Å². The van der Waals surface area contributed by atoms with Crippen LogP contribution in [0.1, 0.15) is 69.6 Å². The monoisotopic (exact) mass is 466 g/mol. The fourth-order valence-corrected chi connectivity index (χ4v) is 3.50. The minimum absolute atomic E-state index is 0.238. The lowest BCUT2D eigenvalue weighted by molar-refractivity contribution is 0.0526. The van der Waals surface area contributed by atoms with Crippen LogP contribution in [0.5, 0.6) is 0 Å². The Hall–Kier alpha value is -3.49. The Kier molecular flexibility index (Phi) is 8.56. The van der Waals surface area contributed by atoms with Crippen molar-refractivity contribution in [2.24, 2.45) is 0 Å². The number of fused-ring (bicyclic) bond motifs is 1. The Labute approximate surface area is 200 Å². The molecule has 2 heterocycles. The number of imidazole rings is 1. The Balaban J connectivity index is 1.70. The summed E-state index contributed by atoms with van der Waals surface area (Å²) in [6, 6.07) is 9.01. The Bertz CT molecular complexity index is 1110. The SMILES string of the molecule is CCCCc1nc2c(NC(=O)c3ccccc3)ncnc2n1CCCCNC(=O)OC(C)(C)C. The fraction of sp³-hybridized carbons (Fsp3) is 0.480. The van der Waals surface area contributed by atoms with E-state index in [1.165, 1.54) is 6.33 Å². The van der Waals surface area contributed by atoms with Gasteiger partial charge in [-0.3, -0.25) is 4.79 Å². The summed E-state index contributed by atoms with van der Waals surface area (Å²) in [5.74, 6) is 1.09. The van der Waals surface area contributed by atoms with E-state index in [-0.39, 0.29) is 5.91 Å². The van der Waals surface area contributed by atoms with E-state index in [0.717, 1.165) is 37.9 Å².